The molecule has 0 aromatic carbocycles. The fourth-order valence-electron chi connectivity index (χ4n) is 2.75. The number of imidazole rings is 1. The van der Waals surface area contributed by atoms with Crippen LogP contribution in [-0.2, 0) is 6.42 Å². The molecule has 2 heterocycles. The highest BCUT2D eigenvalue weighted by Crippen LogP contribution is 2.36. The van der Waals surface area contributed by atoms with E-state index in [1.807, 2.05) is 0 Å². The van der Waals surface area contributed by atoms with Crippen LogP contribution in [0, 0.1) is 6.92 Å². The molecule has 0 saturated carbocycles. The summed E-state index contributed by atoms with van der Waals surface area (Å²) in [7, 11) is 0. The molecule has 0 saturated heterocycles. The molecule has 0 aliphatic heterocycles. The molecule has 1 atom stereocenters. The normalized spacial score (nSPS) is 19.3. The van der Waals surface area contributed by atoms with E-state index in [1.165, 1.54) is 36.2 Å². The first-order valence-corrected chi connectivity index (χ1v) is 6.67. The zero-order valence-electron chi connectivity index (χ0n) is 9.63. The number of nitrogens with zero attached hydrogens (tertiary/aromatic N) is 2. The highest BCUT2D eigenvalue weighted by molar-refractivity contribution is 9.10. The summed E-state index contributed by atoms with van der Waals surface area (Å²) >= 11 is 3.56. The van der Waals surface area contributed by atoms with E-state index in [2.05, 4.69) is 46.4 Å². The Labute approximate surface area is 104 Å². The highest BCUT2D eigenvalue weighted by atomic mass is 79.9. The molecule has 3 heteroatoms. The molecule has 1 unspecified atom stereocenters. The molecule has 84 valence electrons. The standard InChI is InChI=1S/C13H15BrN2/c1-3-9-4-5-11-12(9)15-13-8(2)6-10(14)7-16(11)13/h6-7,9H,3-5H2,1-2H3. The van der Waals surface area contributed by atoms with Crippen LogP contribution in [0.5, 0.6) is 0 Å². The fourth-order valence-corrected chi connectivity index (χ4v) is 3.30. The van der Waals surface area contributed by atoms with Crippen molar-refractivity contribution in [3.63, 3.8) is 0 Å². The van der Waals surface area contributed by atoms with Crippen LogP contribution < -0.4 is 0 Å². The molecule has 2 aromatic heterocycles. The van der Waals surface area contributed by atoms with E-state index in [-0.39, 0.29) is 0 Å². The smallest absolute Gasteiger partial charge is 0.140 e. The molecule has 1 aliphatic rings. The second kappa shape index (κ2) is 3.59. The third-order valence-electron chi connectivity index (χ3n) is 3.61. The average Bonchev–Trinajstić information content (AvgIpc) is 2.77. The van der Waals surface area contributed by atoms with Crippen molar-refractivity contribution in [1.82, 2.24) is 9.38 Å². The summed E-state index contributed by atoms with van der Waals surface area (Å²) in [5.41, 5.74) is 5.14. The Morgan fingerprint density at radius 2 is 2.38 bits per heavy atom. The zero-order chi connectivity index (χ0) is 11.3. The maximum absolute atomic E-state index is 4.83. The third-order valence-corrected chi connectivity index (χ3v) is 4.04. The van der Waals surface area contributed by atoms with Crippen molar-refractivity contribution in [3.05, 3.63) is 33.7 Å². The highest BCUT2D eigenvalue weighted by Gasteiger charge is 2.26. The van der Waals surface area contributed by atoms with E-state index in [0.717, 1.165) is 10.1 Å². The van der Waals surface area contributed by atoms with Crippen molar-refractivity contribution in [2.24, 2.45) is 0 Å². The van der Waals surface area contributed by atoms with Gasteiger partial charge >= 0.3 is 0 Å². The van der Waals surface area contributed by atoms with Gasteiger partial charge in [-0.1, -0.05) is 6.92 Å². The van der Waals surface area contributed by atoms with E-state index in [9.17, 15) is 0 Å². The minimum absolute atomic E-state index is 0.674. The predicted octanol–water partition coefficient (Wildman–Crippen LogP) is 3.85. The molecule has 0 radical (unpaired) electrons. The van der Waals surface area contributed by atoms with Gasteiger partial charge in [-0.25, -0.2) is 4.98 Å². The molecule has 0 bridgehead atoms. The molecule has 2 nitrogen and oxygen atoms in total. The summed E-state index contributed by atoms with van der Waals surface area (Å²) in [5.74, 6) is 0.674. The molecule has 3 rings (SSSR count). The van der Waals surface area contributed by atoms with Crippen molar-refractivity contribution in [2.75, 3.05) is 0 Å². The van der Waals surface area contributed by atoms with Crippen LogP contribution in [0.1, 0.15) is 42.6 Å². The molecule has 0 fully saturated rings. The summed E-state index contributed by atoms with van der Waals surface area (Å²) in [6.45, 7) is 4.38. The summed E-state index contributed by atoms with van der Waals surface area (Å²) < 4.78 is 3.40. The van der Waals surface area contributed by atoms with E-state index in [4.69, 9.17) is 4.98 Å². The van der Waals surface area contributed by atoms with E-state index in [1.54, 1.807) is 0 Å². The number of aromatic nitrogens is 2. The number of hydrogen-bond acceptors (Lipinski definition) is 1. The number of hydrogen-bond donors (Lipinski definition) is 0. The third kappa shape index (κ3) is 1.34. The summed E-state index contributed by atoms with van der Waals surface area (Å²) in [4.78, 5) is 4.83. The molecule has 16 heavy (non-hydrogen) atoms. The molecule has 0 N–H and O–H groups in total. The lowest BCUT2D eigenvalue weighted by Crippen LogP contribution is -1.93. The van der Waals surface area contributed by atoms with E-state index >= 15 is 0 Å². The number of pyridine rings is 1. The molecular formula is C13H15BrN2. The molecule has 0 spiro atoms. The topological polar surface area (TPSA) is 17.3 Å². The van der Waals surface area contributed by atoms with Gasteiger partial charge in [-0.05, 0) is 53.7 Å². The second-order valence-electron chi connectivity index (χ2n) is 4.62. The summed E-state index contributed by atoms with van der Waals surface area (Å²) in [6, 6.07) is 2.14. The first-order valence-electron chi connectivity index (χ1n) is 5.87. The Kier molecular flexibility index (Phi) is 2.32. The van der Waals surface area contributed by atoms with Gasteiger partial charge in [-0.3, -0.25) is 0 Å². The molecular weight excluding hydrogens is 264 g/mol. The van der Waals surface area contributed by atoms with Crippen molar-refractivity contribution in [3.8, 4) is 0 Å². The lowest BCUT2D eigenvalue weighted by Gasteiger charge is -2.03. The van der Waals surface area contributed by atoms with Crippen LogP contribution in [0.15, 0.2) is 16.7 Å². The van der Waals surface area contributed by atoms with Crippen LogP contribution in [-0.4, -0.2) is 9.38 Å². The van der Waals surface area contributed by atoms with E-state index in [0.29, 0.717) is 5.92 Å². The summed E-state index contributed by atoms with van der Waals surface area (Å²) in [5, 5.41) is 0. The van der Waals surface area contributed by atoms with Crippen molar-refractivity contribution in [1.29, 1.82) is 0 Å². The molecule has 2 aromatic rings. The van der Waals surface area contributed by atoms with Gasteiger partial charge in [-0.2, -0.15) is 0 Å². The van der Waals surface area contributed by atoms with Crippen LogP contribution in [0.4, 0.5) is 0 Å². The number of halogens is 1. The van der Waals surface area contributed by atoms with Gasteiger partial charge in [-0.15, -0.1) is 0 Å². The first kappa shape index (κ1) is 10.3. The maximum atomic E-state index is 4.83. The van der Waals surface area contributed by atoms with E-state index < -0.39 is 0 Å². The predicted molar refractivity (Wildman–Crippen MR) is 69.0 cm³/mol. The van der Waals surface area contributed by atoms with Gasteiger partial charge < -0.3 is 4.40 Å². The number of fused-ring (bicyclic) bond motifs is 3. The zero-order valence-corrected chi connectivity index (χ0v) is 11.2. The lowest BCUT2D eigenvalue weighted by molar-refractivity contribution is 0.641. The Hall–Kier alpha value is -0.830. The SMILES string of the molecule is CCC1CCc2c1nc1c(C)cc(Br)cn21. The summed E-state index contributed by atoms with van der Waals surface area (Å²) in [6.07, 6.45) is 5.79. The molecule has 1 aliphatic carbocycles. The first-order chi connectivity index (χ1) is 7.70. The lowest BCUT2D eigenvalue weighted by atomic mass is 10.1. The number of aryl methyl sites for hydroxylation is 2. The largest absolute Gasteiger partial charge is 0.302 e. The van der Waals surface area contributed by atoms with Gasteiger partial charge in [0.1, 0.15) is 5.65 Å². The van der Waals surface area contributed by atoms with Crippen LogP contribution in [0.2, 0.25) is 0 Å². The Bertz CT molecular complexity index is 557. The Morgan fingerprint density at radius 1 is 1.56 bits per heavy atom. The Morgan fingerprint density at radius 3 is 3.12 bits per heavy atom. The maximum Gasteiger partial charge on any atom is 0.140 e. The van der Waals surface area contributed by atoms with Crippen LogP contribution in [0.3, 0.4) is 0 Å². The van der Waals surface area contributed by atoms with Crippen molar-refractivity contribution in [2.45, 2.75) is 39.0 Å². The Balaban J connectivity index is 2.31. The second-order valence-corrected chi connectivity index (χ2v) is 5.54. The minimum atomic E-state index is 0.674. The van der Waals surface area contributed by atoms with Gasteiger partial charge in [0.25, 0.3) is 0 Å². The van der Waals surface area contributed by atoms with Crippen LogP contribution >= 0.6 is 15.9 Å². The van der Waals surface area contributed by atoms with Gasteiger partial charge in [0.2, 0.25) is 0 Å². The van der Waals surface area contributed by atoms with Crippen LogP contribution in [0.25, 0.3) is 5.65 Å². The van der Waals surface area contributed by atoms with Crippen molar-refractivity contribution < 1.29 is 0 Å². The minimum Gasteiger partial charge on any atom is -0.302 e. The van der Waals surface area contributed by atoms with Gasteiger partial charge in [0.05, 0.1) is 5.69 Å². The van der Waals surface area contributed by atoms with Crippen molar-refractivity contribution >= 4 is 21.6 Å². The van der Waals surface area contributed by atoms with Gasteiger partial charge in [0, 0.05) is 22.3 Å². The quantitative estimate of drug-likeness (QED) is 0.775. The molecule has 0 amide bonds. The average molecular weight is 279 g/mol. The number of rotatable bonds is 1. The van der Waals surface area contributed by atoms with Gasteiger partial charge in [0.15, 0.2) is 0 Å². The fraction of sp³-hybridized carbons (Fsp3) is 0.462. The monoisotopic (exact) mass is 278 g/mol.